The van der Waals surface area contributed by atoms with Gasteiger partial charge >= 0.3 is 0 Å². The van der Waals surface area contributed by atoms with E-state index in [2.05, 4.69) is 26.2 Å². The molecule has 0 aliphatic carbocycles. The lowest BCUT2D eigenvalue weighted by atomic mass is 10.2. The Hall–Kier alpha value is -2.34. The lowest BCUT2D eigenvalue weighted by molar-refractivity contribution is 0.102. The molecular weight excluding hydrogens is 337 g/mol. The van der Waals surface area contributed by atoms with Crippen LogP contribution in [0.3, 0.4) is 0 Å². The number of hydrogen-bond acceptors (Lipinski definition) is 2. The van der Waals surface area contributed by atoms with Crippen molar-refractivity contribution in [2.75, 3.05) is 11.1 Å². The topological polar surface area (TPSA) is 70.9 Å². The first kappa shape index (κ1) is 13.6. The zero-order valence-electron chi connectivity index (χ0n) is 10.8. The highest BCUT2D eigenvalue weighted by atomic mass is 79.9. The van der Waals surface area contributed by atoms with Gasteiger partial charge in [0.05, 0.1) is 5.69 Å². The SMILES string of the molecule is Nc1ccc2[nH]c(C(=O)Nc3c(F)cccc3Br)cc2c1. The molecule has 0 aliphatic rings. The first-order chi connectivity index (χ1) is 10.0. The molecular formula is C15H11BrFN3O. The van der Waals surface area contributed by atoms with E-state index in [9.17, 15) is 9.18 Å². The Bertz CT molecular complexity index is 824. The van der Waals surface area contributed by atoms with Crippen molar-refractivity contribution in [1.82, 2.24) is 4.98 Å². The highest BCUT2D eigenvalue weighted by Gasteiger charge is 2.14. The van der Waals surface area contributed by atoms with Gasteiger partial charge in [-0.25, -0.2) is 4.39 Å². The first-order valence-corrected chi connectivity index (χ1v) is 6.97. The van der Waals surface area contributed by atoms with Gasteiger partial charge in [-0.3, -0.25) is 4.79 Å². The number of aromatic nitrogens is 1. The van der Waals surface area contributed by atoms with Gasteiger partial charge in [0.2, 0.25) is 0 Å². The van der Waals surface area contributed by atoms with E-state index in [1.54, 1.807) is 36.4 Å². The number of amides is 1. The summed E-state index contributed by atoms with van der Waals surface area (Å²) < 4.78 is 14.2. The lowest BCUT2D eigenvalue weighted by Crippen LogP contribution is -2.13. The molecule has 3 aromatic rings. The number of anilines is 2. The van der Waals surface area contributed by atoms with E-state index < -0.39 is 11.7 Å². The molecule has 0 bridgehead atoms. The molecule has 1 aromatic heterocycles. The number of para-hydroxylation sites is 1. The van der Waals surface area contributed by atoms with Gasteiger partial charge in [0.25, 0.3) is 5.91 Å². The summed E-state index contributed by atoms with van der Waals surface area (Å²) >= 11 is 3.21. The number of carbonyl (C=O) groups is 1. The van der Waals surface area contributed by atoms with Gasteiger partial charge in [-0.05, 0) is 52.3 Å². The van der Waals surface area contributed by atoms with Crippen molar-refractivity contribution in [3.05, 3.63) is 58.4 Å². The number of hydrogen-bond donors (Lipinski definition) is 3. The summed E-state index contributed by atoms with van der Waals surface area (Å²) in [6, 6.07) is 11.5. The van der Waals surface area contributed by atoms with Crippen molar-refractivity contribution in [1.29, 1.82) is 0 Å². The number of fused-ring (bicyclic) bond motifs is 1. The van der Waals surface area contributed by atoms with E-state index >= 15 is 0 Å². The van der Waals surface area contributed by atoms with Crippen LogP contribution in [0.25, 0.3) is 10.9 Å². The Morgan fingerprint density at radius 2 is 2.05 bits per heavy atom. The number of nitrogen functional groups attached to an aromatic ring is 1. The maximum atomic E-state index is 13.7. The minimum atomic E-state index is -0.502. The van der Waals surface area contributed by atoms with Crippen molar-refractivity contribution < 1.29 is 9.18 Å². The van der Waals surface area contributed by atoms with E-state index in [0.29, 0.717) is 15.9 Å². The number of nitrogens with two attached hydrogens (primary N) is 1. The van der Waals surface area contributed by atoms with Crippen LogP contribution in [0, 0.1) is 5.82 Å². The highest BCUT2D eigenvalue weighted by molar-refractivity contribution is 9.10. The van der Waals surface area contributed by atoms with Crippen molar-refractivity contribution in [2.45, 2.75) is 0 Å². The molecule has 6 heteroatoms. The summed E-state index contributed by atoms with van der Waals surface area (Å²) in [6.07, 6.45) is 0. The van der Waals surface area contributed by atoms with Crippen LogP contribution in [-0.4, -0.2) is 10.9 Å². The zero-order chi connectivity index (χ0) is 15.0. The quantitative estimate of drug-likeness (QED) is 0.615. The van der Waals surface area contributed by atoms with Crippen molar-refractivity contribution in [3.8, 4) is 0 Å². The van der Waals surface area contributed by atoms with Gasteiger partial charge in [0, 0.05) is 21.1 Å². The third kappa shape index (κ3) is 2.62. The Morgan fingerprint density at radius 1 is 1.24 bits per heavy atom. The fraction of sp³-hybridized carbons (Fsp3) is 0. The van der Waals surface area contributed by atoms with Gasteiger partial charge in [-0.2, -0.15) is 0 Å². The van der Waals surface area contributed by atoms with Crippen molar-refractivity contribution in [3.63, 3.8) is 0 Å². The van der Waals surface area contributed by atoms with Crippen LogP contribution in [-0.2, 0) is 0 Å². The minimum absolute atomic E-state index is 0.112. The molecule has 0 fully saturated rings. The highest BCUT2D eigenvalue weighted by Crippen LogP contribution is 2.26. The summed E-state index contributed by atoms with van der Waals surface area (Å²) in [5, 5.41) is 3.37. The van der Waals surface area contributed by atoms with E-state index in [-0.39, 0.29) is 5.69 Å². The van der Waals surface area contributed by atoms with Crippen molar-refractivity contribution >= 4 is 44.1 Å². The van der Waals surface area contributed by atoms with E-state index in [4.69, 9.17) is 5.73 Å². The molecule has 0 saturated heterocycles. The number of carbonyl (C=O) groups excluding carboxylic acids is 1. The Labute approximate surface area is 128 Å². The molecule has 0 aliphatic heterocycles. The first-order valence-electron chi connectivity index (χ1n) is 6.18. The van der Waals surface area contributed by atoms with Gasteiger partial charge in [0.1, 0.15) is 11.5 Å². The number of H-pyrrole nitrogens is 1. The van der Waals surface area contributed by atoms with Gasteiger partial charge in [0.15, 0.2) is 0 Å². The van der Waals surface area contributed by atoms with E-state index in [1.807, 2.05) is 0 Å². The number of rotatable bonds is 2. The van der Waals surface area contributed by atoms with Crippen LogP contribution in [0.15, 0.2) is 46.9 Å². The van der Waals surface area contributed by atoms with E-state index in [1.165, 1.54) is 6.07 Å². The summed E-state index contributed by atoms with van der Waals surface area (Å²) in [4.78, 5) is 15.2. The molecule has 0 atom stereocenters. The Morgan fingerprint density at radius 3 is 2.81 bits per heavy atom. The minimum Gasteiger partial charge on any atom is -0.399 e. The second-order valence-corrected chi connectivity index (χ2v) is 5.43. The lowest BCUT2D eigenvalue weighted by Gasteiger charge is -2.07. The summed E-state index contributed by atoms with van der Waals surface area (Å²) in [5.41, 5.74) is 7.56. The van der Waals surface area contributed by atoms with Crippen LogP contribution < -0.4 is 11.1 Å². The molecule has 1 heterocycles. The second-order valence-electron chi connectivity index (χ2n) is 4.58. The predicted octanol–water partition coefficient (Wildman–Crippen LogP) is 3.90. The largest absolute Gasteiger partial charge is 0.399 e. The molecule has 1 amide bonds. The molecule has 0 spiro atoms. The number of nitrogens with one attached hydrogen (secondary N) is 2. The van der Waals surface area contributed by atoms with Crippen molar-refractivity contribution in [2.24, 2.45) is 0 Å². The second kappa shape index (κ2) is 5.21. The average Bonchev–Trinajstić information content (AvgIpc) is 2.86. The number of benzene rings is 2. The maximum absolute atomic E-state index is 13.7. The molecule has 21 heavy (non-hydrogen) atoms. The third-order valence-electron chi connectivity index (χ3n) is 3.09. The van der Waals surface area contributed by atoms with Crippen LogP contribution in [0.1, 0.15) is 10.5 Å². The monoisotopic (exact) mass is 347 g/mol. The van der Waals surface area contributed by atoms with Crippen LogP contribution in [0.2, 0.25) is 0 Å². The van der Waals surface area contributed by atoms with Crippen LogP contribution in [0.5, 0.6) is 0 Å². The molecule has 0 unspecified atom stereocenters. The zero-order valence-corrected chi connectivity index (χ0v) is 12.4. The Balaban J connectivity index is 1.94. The molecule has 4 nitrogen and oxygen atoms in total. The van der Waals surface area contributed by atoms with Gasteiger partial charge in [-0.15, -0.1) is 0 Å². The normalized spacial score (nSPS) is 10.8. The standard InChI is InChI=1S/C15H11BrFN3O/c16-10-2-1-3-11(17)14(10)20-15(21)13-7-8-6-9(18)4-5-12(8)19-13/h1-7,19H,18H2,(H,20,21). The molecule has 0 radical (unpaired) electrons. The van der Waals surface area contributed by atoms with Gasteiger partial charge < -0.3 is 16.0 Å². The maximum Gasteiger partial charge on any atom is 0.272 e. The van der Waals surface area contributed by atoms with Crippen LogP contribution in [0.4, 0.5) is 15.8 Å². The van der Waals surface area contributed by atoms with Gasteiger partial charge in [-0.1, -0.05) is 6.07 Å². The summed E-state index contributed by atoms with van der Waals surface area (Å²) in [7, 11) is 0. The molecule has 4 N–H and O–H groups in total. The Kier molecular flexibility index (Phi) is 3.39. The predicted molar refractivity (Wildman–Crippen MR) is 84.8 cm³/mol. The fourth-order valence-corrected chi connectivity index (χ4v) is 2.51. The number of halogens is 2. The van der Waals surface area contributed by atoms with Crippen LogP contribution >= 0.6 is 15.9 Å². The van der Waals surface area contributed by atoms with E-state index in [0.717, 1.165) is 10.9 Å². The third-order valence-corrected chi connectivity index (χ3v) is 3.75. The average molecular weight is 348 g/mol. The summed E-state index contributed by atoms with van der Waals surface area (Å²) in [6.45, 7) is 0. The molecule has 106 valence electrons. The molecule has 2 aromatic carbocycles. The number of aromatic amines is 1. The molecule has 3 rings (SSSR count). The fourth-order valence-electron chi connectivity index (χ4n) is 2.07. The molecule has 0 saturated carbocycles. The summed E-state index contributed by atoms with van der Waals surface area (Å²) in [5.74, 6) is -0.923. The smallest absolute Gasteiger partial charge is 0.272 e.